The van der Waals surface area contributed by atoms with Crippen molar-refractivity contribution in [1.82, 2.24) is 14.5 Å². The van der Waals surface area contributed by atoms with Crippen molar-refractivity contribution in [2.45, 2.75) is 4.90 Å². The van der Waals surface area contributed by atoms with E-state index in [2.05, 4.69) is 19.9 Å². The van der Waals surface area contributed by atoms with Crippen LogP contribution in [0, 0.1) is 5.82 Å². The molecule has 12 heteroatoms. The number of nitrogens with one attached hydrogen (secondary N) is 2. The molecule has 1 amide bonds. The number of hydrogen-bond donors (Lipinski definition) is 2. The lowest BCUT2D eigenvalue weighted by molar-refractivity contribution is -0.139. The minimum atomic E-state index is -3.99. The van der Waals surface area contributed by atoms with Crippen LogP contribution in [0.1, 0.15) is 10.5 Å². The molecule has 2 aromatic carbocycles. The number of anilines is 1. The standard InChI is InChI=1S/C18H16ClFN4O5S/c1-24-17(18(26)22-10-3-6-14(20)13(19)7-10)12-5-4-11(8-15(12)23-24)30(27,28)21-9-16(25)29-2/h3-8,21H,9H2,1-2H3,(H,22,26). The normalized spacial score (nSPS) is 11.5. The zero-order valence-electron chi connectivity index (χ0n) is 15.8. The number of esters is 1. The molecule has 9 nitrogen and oxygen atoms in total. The van der Waals surface area contributed by atoms with Crippen molar-refractivity contribution in [1.29, 1.82) is 0 Å². The van der Waals surface area contributed by atoms with Gasteiger partial charge in [-0.1, -0.05) is 11.6 Å². The van der Waals surface area contributed by atoms with Crippen molar-refractivity contribution < 1.29 is 27.1 Å². The van der Waals surface area contributed by atoms with Gasteiger partial charge in [0.25, 0.3) is 5.91 Å². The first-order valence-corrected chi connectivity index (χ1v) is 10.3. The van der Waals surface area contributed by atoms with Crippen LogP contribution in [0.3, 0.4) is 0 Å². The van der Waals surface area contributed by atoms with Gasteiger partial charge in [-0.3, -0.25) is 14.3 Å². The second-order valence-corrected chi connectivity index (χ2v) is 8.31. The summed E-state index contributed by atoms with van der Waals surface area (Å²) in [7, 11) is -1.32. The van der Waals surface area contributed by atoms with Gasteiger partial charge in [-0.2, -0.15) is 9.82 Å². The molecule has 158 valence electrons. The van der Waals surface area contributed by atoms with E-state index in [4.69, 9.17) is 11.6 Å². The number of fused-ring (bicyclic) bond motifs is 1. The largest absolute Gasteiger partial charge is 0.468 e. The summed E-state index contributed by atoms with van der Waals surface area (Å²) < 4.78 is 45.8. The zero-order chi connectivity index (χ0) is 22.1. The lowest BCUT2D eigenvalue weighted by atomic mass is 10.2. The number of rotatable bonds is 6. The number of ether oxygens (including phenoxy) is 1. The summed E-state index contributed by atoms with van der Waals surface area (Å²) in [5.41, 5.74) is 0.699. The SMILES string of the molecule is COC(=O)CNS(=O)(=O)c1ccc2c(C(=O)Nc3ccc(F)c(Cl)c3)n(C)nc2c1. The molecule has 3 aromatic rings. The van der Waals surface area contributed by atoms with E-state index in [0.29, 0.717) is 5.39 Å². The summed E-state index contributed by atoms with van der Waals surface area (Å²) in [6.07, 6.45) is 0. The Morgan fingerprint density at radius 3 is 2.63 bits per heavy atom. The zero-order valence-corrected chi connectivity index (χ0v) is 17.3. The molecular weight excluding hydrogens is 439 g/mol. The van der Waals surface area contributed by atoms with Crippen LogP contribution in [-0.4, -0.2) is 43.7 Å². The fourth-order valence-electron chi connectivity index (χ4n) is 2.69. The highest BCUT2D eigenvalue weighted by atomic mass is 35.5. The topological polar surface area (TPSA) is 119 Å². The van der Waals surface area contributed by atoms with Crippen molar-refractivity contribution in [3.8, 4) is 0 Å². The average molecular weight is 455 g/mol. The van der Waals surface area contributed by atoms with Crippen LogP contribution in [0.4, 0.5) is 10.1 Å². The number of benzene rings is 2. The smallest absolute Gasteiger partial charge is 0.320 e. The van der Waals surface area contributed by atoms with Gasteiger partial charge < -0.3 is 10.1 Å². The fraction of sp³-hybridized carbons (Fsp3) is 0.167. The molecule has 0 spiro atoms. The minimum Gasteiger partial charge on any atom is -0.468 e. The third kappa shape index (κ3) is 4.42. The van der Waals surface area contributed by atoms with E-state index in [9.17, 15) is 22.4 Å². The number of aromatic nitrogens is 2. The summed E-state index contributed by atoms with van der Waals surface area (Å²) in [5, 5.41) is 7.03. The summed E-state index contributed by atoms with van der Waals surface area (Å²) in [4.78, 5) is 23.8. The Bertz CT molecular complexity index is 1260. The van der Waals surface area contributed by atoms with Crippen LogP contribution >= 0.6 is 11.6 Å². The van der Waals surface area contributed by atoms with Gasteiger partial charge in [0.05, 0.1) is 22.5 Å². The first-order chi connectivity index (χ1) is 14.1. The number of carbonyl (C=O) groups excluding carboxylic acids is 2. The highest BCUT2D eigenvalue weighted by molar-refractivity contribution is 7.89. The third-order valence-electron chi connectivity index (χ3n) is 4.14. The third-order valence-corrected chi connectivity index (χ3v) is 5.83. The van der Waals surface area contributed by atoms with Gasteiger partial charge in [0, 0.05) is 18.1 Å². The Morgan fingerprint density at radius 2 is 1.97 bits per heavy atom. The quantitative estimate of drug-likeness (QED) is 0.550. The summed E-state index contributed by atoms with van der Waals surface area (Å²) in [6, 6.07) is 7.75. The lowest BCUT2D eigenvalue weighted by Crippen LogP contribution is -2.30. The molecule has 1 aromatic heterocycles. The van der Waals surface area contributed by atoms with Gasteiger partial charge in [-0.05, 0) is 36.4 Å². The average Bonchev–Trinajstić information content (AvgIpc) is 3.03. The van der Waals surface area contributed by atoms with Crippen molar-refractivity contribution in [3.05, 3.63) is 52.9 Å². The number of carbonyl (C=O) groups is 2. The van der Waals surface area contributed by atoms with Crippen molar-refractivity contribution >= 4 is 50.1 Å². The van der Waals surface area contributed by atoms with Crippen LogP contribution in [0.25, 0.3) is 10.9 Å². The summed E-state index contributed by atoms with van der Waals surface area (Å²) >= 11 is 5.73. The van der Waals surface area contributed by atoms with Crippen LogP contribution in [-0.2, 0) is 26.6 Å². The first-order valence-electron chi connectivity index (χ1n) is 8.42. The van der Waals surface area contributed by atoms with E-state index in [1.165, 1.54) is 42.1 Å². The Hall–Kier alpha value is -3.02. The molecular formula is C18H16ClFN4O5S. The number of halogens is 2. The van der Waals surface area contributed by atoms with Gasteiger partial charge in [0.2, 0.25) is 10.0 Å². The summed E-state index contributed by atoms with van der Waals surface area (Å²) in [5.74, 6) is -1.89. The molecule has 0 aliphatic heterocycles. The molecule has 0 unspecified atom stereocenters. The monoisotopic (exact) mass is 454 g/mol. The molecule has 0 bridgehead atoms. The molecule has 0 radical (unpaired) electrons. The molecule has 0 fully saturated rings. The molecule has 0 saturated carbocycles. The first kappa shape index (κ1) is 21.7. The second kappa shape index (κ2) is 8.38. The molecule has 0 saturated heterocycles. The number of sulfonamides is 1. The van der Waals surface area contributed by atoms with Crippen LogP contribution < -0.4 is 10.0 Å². The van der Waals surface area contributed by atoms with Crippen molar-refractivity contribution in [2.24, 2.45) is 7.05 Å². The maximum Gasteiger partial charge on any atom is 0.320 e. The van der Waals surface area contributed by atoms with Crippen molar-refractivity contribution in [3.63, 3.8) is 0 Å². The van der Waals surface area contributed by atoms with E-state index in [-0.39, 0.29) is 26.8 Å². The highest BCUT2D eigenvalue weighted by Gasteiger charge is 2.21. The van der Waals surface area contributed by atoms with E-state index < -0.39 is 34.3 Å². The fourth-order valence-corrected chi connectivity index (χ4v) is 3.86. The number of nitrogens with zero attached hydrogens (tertiary/aromatic N) is 2. The van der Waals surface area contributed by atoms with E-state index in [0.717, 1.165) is 13.2 Å². The molecule has 1 heterocycles. The van der Waals surface area contributed by atoms with Gasteiger partial charge >= 0.3 is 5.97 Å². The Balaban J connectivity index is 1.90. The number of aryl methyl sites for hydroxylation is 1. The predicted octanol–water partition coefficient (Wildman–Crippen LogP) is 2.07. The maximum atomic E-state index is 13.3. The van der Waals surface area contributed by atoms with E-state index >= 15 is 0 Å². The van der Waals surface area contributed by atoms with Crippen LogP contribution in [0.5, 0.6) is 0 Å². The lowest BCUT2D eigenvalue weighted by Gasteiger charge is -2.07. The maximum absolute atomic E-state index is 13.3. The van der Waals surface area contributed by atoms with Gasteiger partial charge in [-0.15, -0.1) is 0 Å². The number of hydrogen-bond acceptors (Lipinski definition) is 6. The molecule has 0 aliphatic rings. The molecule has 30 heavy (non-hydrogen) atoms. The summed E-state index contributed by atoms with van der Waals surface area (Å²) in [6.45, 7) is -0.521. The molecule has 2 N–H and O–H groups in total. The van der Waals surface area contributed by atoms with Crippen LogP contribution in [0.15, 0.2) is 41.3 Å². The number of methoxy groups -OCH3 is 1. The van der Waals surface area contributed by atoms with Crippen LogP contribution in [0.2, 0.25) is 5.02 Å². The van der Waals surface area contributed by atoms with Gasteiger partial charge in [0.1, 0.15) is 18.1 Å². The second-order valence-electron chi connectivity index (χ2n) is 6.13. The Morgan fingerprint density at radius 1 is 1.23 bits per heavy atom. The minimum absolute atomic E-state index is 0.130. The Kier molecular flexibility index (Phi) is 6.06. The highest BCUT2D eigenvalue weighted by Crippen LogP contribution is 2.24. The van der Waals surface area contributed by atoms with Gasteiger partial charge in [-0.25, -0.2) is 12.8 Å². The van der Waals surface area contributed by atoms with E-state index in [1.54, 1.807) is 0 Å². The van der Waals surface area contributed by atoms with Gasteiger partial charge in [0.15, 0.2) is 0 Å². The predicted molar refractivity (Wildman–Crippen MR) is 107 cm³/mol. The molecule has 0 atom stereocenters. The molecule has 3 rings (SSSR count). The Labute approximate surface area is 175 Å². The van der Waals surface area contributed by atoms with E-state index in [1.807, 2.05) is 0 Å². The molecule has 0 aliphatic carbocycles. The number of amides is 1. The van der Waals surface area contributed by atoms with Crippen molar-refractivity contribution in [2.75, 3.05) is 19.0 Å².